The van der Waals surface area contributed by atoms with Crippen LogP contribution in [0.15, 0.2) is 36.4 Å². The Morgan fingerprint density at radius 1 is 1.28 bits per heavy atom. The summed E-state index contributed by atoms with van der Waals surface area (Å²) in [4.78, 5) is 11.5. The number of ether oxygens (including phenoxy) is 2. The molecular formula is C24H24N4O3S. The molecule has 0 aliphatic heterocycles. The van der Waals surface area contributed by atoms with Gasteiger partial charge < -0.3 is 14.8 Å². The Labute approximate surface area is 191 Å². The number of hydrogen-bond donors (Lipinski definition) is 1. The molecule has 0 saturated carbocycles. The van der Waals surface area contributed by atoms with Crippen LogP contribution in [0.4, 0.5) is 0 Å². The second-order valence-corrected chi connectivity index (χ2v) is 8.80. The Balaban J connectivity index is 1.60. The van der Waals surface area contributed by atoms with Crippen molar-refractivity contribution in [2.24, 2.45) is 0 Å². The van der Waals surface area contributed by atoms with Crippen molar-refractivity contribution in [3.8, 4) is 33.0 Å². The van der Waals surface area contributed by atoms with Gasteiger partial charge in [-0.05, 0) is 56.0 Å². The fraction of sp³-hybridized carbons (Fsp3) is 0.333. The van der Waals surface area contributed by atoms with Crippen LogP contribution in [0.3, 0.4) is 0 Å². The lowest BCUT2D eigenvalue weighted by atomic mass is 10.0. The van der Waals surface area contributed by atoms with Gasteiger partial charge in [0.1, 0.15) is 21.8 Å². The van der Waals surface area contributed by atoms with Crippen molar-refractivity contribution in [2.75, 3.05) is 13.7 Å². The van der Waals surface area contributed by atoms with Crippen LogP contribution in [0.25, 0.3) is 21.1 Å². The number of carbonyl (C=O) groups is 1. The van der Waals surface area contributed by atoms with Crippen LogP contribution in [-0.2, 0) is 16.0 Å². The fourth-order valence-corrected chi connectivity index (χ4v) is 4.79. The van der Waals surface area contributed by atoms with Crippen LogP contribution >= 0.6 is 11.3 Å². The van der Waals surface area contributed by atoms with Gasteiger partial charge in [-0.25, -0.2) is 0 Å². The highest BCUT2D eigenvalue weighted by molar-refractivity contribution is 7.17. The molecule has 164 valence electrons. The molecule has 0 unspecified atom stereocenters. The van der Waals surface area contributed by atoms with Crippen molar-refractivity contribution in [1.29, 1.82) is 5.26 Å². The largest absolute Gasteiger partial charge is 0.490 e. The van der Waals surface area contributed by atoms with E-state index >= 15 is 0 Å². The third-order valence-electron chi connectivity index (χ3n) is 5.36. The van der Waals surface area contributed by atoms with Crippen molar-refractivity contribution < 1.29 is 14.3 Å². The Morgan fingerprint density at radius 2 is 2.09 bits per heavy atom. The van der Waals surface area contributed by atoms with Crippen molar-refractivity contribution in [2.45, 2.75) is 38.8 Å². The van der Waals surface area contributed by atoms with E-state index in [1.807, 2.05) is 32.0 Å². The Morgan fingerprint density at radius 3 is 2.84 bits per heavy atom. The molecule has 0 fully saturated rings. The number of methoxy groups -OCH3 is 1. The predicted molar refractivity (Wildman–Crippen MR) is 122 cm³/mol. The molecular weight excluding hydrogens is 424 g/mol. The number of rotatable bonds is 7. The summed E-state index contributed by atoms with van der Waals surface area (Å²) in [7, 11) is 1.39. The maximum absolute atomic E-state index is 11.5. The molecule has 0 spiro atoms. The molecule has 3 aromatic rings. The van der Waals surface area contributed by atoms with Crippen LogP contribution < -0.4 is 10.1 Å². The molecule has 8 heteroatoms. The molecule has 0 bridgehead atoms. The van der Waals surface area contributed by atoms with Gasteiger partial charge in [0.2, 0.25) is 0 Å². The molecule has 1 aliphatic rings. The minimum Gasteiger partial charge on any atom is -0.490 e. The quantitative estimate of drug-likeness (QED) is 0.539. The molecule has 7 nitrogen and oxygen atoms in total. The van der Waals surface area contributed by atoms with Gasteiger partial charge >= 0.3 is 5.97 Å². The highest BCUT2D eigenvalue weighted by Gasteiger charge is 2.26. The molecule has 32 heavy (non-hydrogen) atoms. The van der Waals surface area contributed by atoms with E-state index in [4.69, 9.17) is 9.47 Å². The molecule has 1 aliphatic carbocycles. The first-order chi connectivity index (χ1) is 15.5. The highest BCUT2D eigenvalue weighted by Crippen LogP contribution is 2.40. The summed E-state index contributed by atoms with van der Waals surface area (Å²) in [6, 6.07) is 14.0. The second-order valence-electron chi connectivity index (χ2n) is 7.82. The topological polar surface area (TPSA) is 97.1 Å². The van der Waals surface area contributed by atoms with Gasteiger partial charge in [0, 0.05) is 17.2 Å². The number of esters is 1. The van der Waals surface area contributed by atoms with Crippen molar-refractivity contribution in [1.82, 2.24) is 15.5 Å². The SMILES string of the molecule is COC(=O)CN[C@H]1CCc2c(-c3nnc(-c4ccc(OC(C)C)c(C#N)c4)s3)cccc21. The van der Waals surface area contributed by atoms with Crippen LogP contribution in [0.5, 0.6) is 5.75 Å². The van der Waals surface area contributed by atoms with Gasteiger partial charge in [0.25, 0.3) is 0 Å². The van der Waals surface area contributed by atoms with Gasteiger partial charge in [-0.2, -0.15) is 5.26 Å². The van der Waals surface area contributed by atoms with Crippen molar-refractivity contribution in [3.05, 3.63) is 53.1 Å². The zero-order valence-electron chi connectivity index (χ0n) is 18.2. The van der Waals surface area contributed by atoms with E-state index in [0.29, 0.717) is 11.3 Å². The monoisotopic (exact) mass is 448 g/mol. The number of nitrogens with one attached hydrogen (secondary N) is 1. The molecule has 2 aromatic carbocycles. The smallest absolute Gasteiger partial charge is 0.319 e. The van der Waals surface area contributed by atoms with E-state index in [2.05, 4.69) is 33.7 Å². The van der Waals surface area contributed by atoms with Crippen LogP contribution in [-0.4, -0.2) is 35.9 Å². The van der Waals surface area contributed by atoms with Gasteiger partial charge in [-0.1, -0.05) is 29.5 Å². The summed E-state index contributed by atoms with van der Waals surface area (Å²) in [5.74, 6) is 0.298. The van der Waals surface area contributed by atoms with E-state index in [1.165, 1.54) is 29.6 Å². The first-order valence-corrected chi connectivity index (χ1v) is 11.3. The summed E-state index contributed by atoms with van der Waals surface area (Å²) in [6.45, 7) is 4.05. The van der Waals surface area contributed by atoms with Crippen molar-refractivity contribution in [3.63, 3.8) is 0 Å². The van der Waals surface area contributed by atoms with Crippen LogP contribution in [0, 0.1) is 11.3 Å². The van der Waals surface area contributed by atoms with Crippen molar-refractivity contribution >= 4 is 17.3 Å². The summed E-state index contributed by atoms with van der Waals surface area (Å²) in [5.41, 5.74) is 4.80. The number of benzene rings is 2. The van der Waals surface area contributed by atoms with Gasteiger partial charge in [-0.3, -0.25) is 4.79 Å². The fourth-order valence-electron chi connectivity index (χ4n) is 3.90. The number of aromatic nitrogens is 2. The third-order valence-corrected chi connectivity index (χ3v) is 6.36. The van der Waals surface area contributed by atoms with E-state index in [0.717, 1.165) is 34.0 Å². The van der Waals surface area contributed by atoms with Gasteiger partial charge in [0.05, 0.1) is 25.3 Å². The minimum absolute atomic E-state index is 0.00723. The molecule has 0 saturated heterocycles. The van der Waals surface area contributed by atoms with Crippen LogP contribution in [0.2, 0.25) is 0 Å². The zero-order chi connectivity index (χ0) is 22.7. The lowest BCUT2D eigenvalue weighted by Gasteiger charge is -2.13. The number of hydrogen-bond acceptors (Lipinski definition) is 8. The Kier molecular flexibility index (Phi) is 6.49. The average molecular weight is 449 g/mol. The average Bonchev–Trinajstić information content (AvgIpc) is 3.44. The lowest BCUT2D eigenvalue weighted by Crippen LogP contribution is -2.27. The molecule has 4 rings (SSSR count). The summed E-state index contributed by atoms with van der Waals surface area (Å²) in [5, 5.41) is 23.2. The van der Waals surface area contributed by atoms with Gasteiger partial charge in [-0.15, -0.1) is 10.2 Å². The summed E-state index contributed by atoms with van der Waals surface area (Å²) in [6.07, 6.45) is 1.81. The van der Waals surface area contributed by atoms with Gasteiger partial charge in [0.15, 0.2) is 0 Å². The first-order valence-electron chi connectivity index (χ1n) is 10.5. The Hall–Kier alpha value is -3.28. The molecule has 0 amide bonds. The molecule has 0 radical (unpaired) electrons. The normalized spacial score (nSPS) is 14.8. The predicted octanol–water partition coefficient (Wildman–Crippen LogP) is 4.28. The lowest BCUT2D eigenvalue weighted by molar-refractivity contribution is -0.139. The standard InChI is InChI=1S/C24H24N4O3S/c1-14(2)31-21-10-7-15(11-16(21)12-25)23-27-28-24(32-23)19-6-4-5-18-17(19)8-9-20(18)26-13-22(29)30-3/h4-7,10-11,14,20,26H,8-9,13H2,1-3H3/t20-/m0/s1. The summed E-state index contributed by atoms with van der Waals surface area (Å²) < 4.78 is 10.4. The van der Waals surface area contributed by atoms with E-state index in [-0.39, 0.29) is 24.7 Å². The highest BCUT2D eigenvalue weighted by atomic mass is 32.1. The third kappa shape index (κ3) is 4.49. The number of fused-ring (bicyclic) bond motifs is 1. The molecule has 1 atom stereocenters. The minimum atomic E-state index is -0.273. The molecule has 1 heterocycles. The number of nitriles is 1. The molecule has 1 N–H and O–H groups in total. The number of carbonyl (C=O) groups excluding carboxylic acids is 1. The van der Waals surface area contributed by atoms with E-state index in [9.17, 15) is 10.1 Å². The van der Waals surface area contributed by atoms with Crippen LogP contribution in [0.1, 0.15) is 43.0 Å². The summed E-state index contributed by atoms with van der Waals surface area (Å²) >= 11 is 1.50. The maximum atomic E-state index is 11.5. The first kappa shape index (κ1) is 21.9. The maximum Gasteiger partial charge on any atom is 0.319 e. The second kappa shape index (κ2) is 9.47. The number of nitrogens with zero attached hydrogens (tertiary/aromatic N) is 3. The molecule has 1 aromatic heterocycles. The zero-order valence-corrected chi connectivity index (χ0v) is 19.0. The van der Waals surface area contributed by atoms with E-state index in [1.54, 1.807) is 6.07 Å². The Bertz CT molecular complexity index is 1180. The van der Waals surface area contributed by atoms with E-state index < -0.39 is 0 Å².